The molecule has 0 unspecified atom stereocenters. The molecule has 30 heavy (non-hydrogen) atoms. The maximum atomic E-state index is 12.6. The monoisotopic (exact) mass is 421 g/mol. The summed E-state index contributed by atoms with van der Waals surface area (Å²) in [6, 6.07) is 13.0. The maximum absolute atomic E-state index is 12.6. The van der Waals surface area contributed by atoms with Gasteiger partial charge in [0.1, 0.15) is 5.76 Å². The van der Waals surface area contributed by atoms with Crippen LogP contribution in [0.3, 0.4) is 0 Å². The fraction of sp³-hybridized carbons (Fsp3) is 0.100. The Morgan fingerprint density at radius 3 is 2.80 bits per heavy atom. The van der Waals surface area contributed by atoms with Gasteiger partial charge in [-0.15, -0.1) is 10.2 Å². The summed E-state index contributed by atoms with van der Waals surface area (Å²) < 4.78 is 7.30. The molecular formula is C20H15N5O4S. The molecule has 9 nitrogen and oxygen atoms in total. The number of hydrogen-bond acceptors (Lipinski definition) is 8. The second kappa shape index (κ2) is 8.70. The van der Waals surface area contributed by atoms with E-state index < -0.39 is 4.92 Å². The highest BCUT2D eigenvalue weighted by Gasteiger charge is 2.18. The lowest BCUT2D eigenvalue weighted by Crippen LogP contribution is -2.07. The predicted octanol–water partition coefficient (Wildman–Crippen LogP) is 3.86. The fourth-order valence-corrected chi connectivity index (χ4v) is 3.64. The second-order valence-corrected chi connectivity index (χ2v) is 7.18. The quantitative estimate of drug-likeness (QED) is 0.182. The Morgan fingerprint density at radius 1 is 1.17 bits per heavy atom. The molecular weight excluding hydrogens is 406 g/mol. The number of benzene rings is 1. The van der Waals surface area contributed by atoms with Gasteiger partial charge >= 0.3 is 0 Å². The van der Waals surface area contributed by atoms with Crippen LogP contribution >= 0.6 is 11.8 Å². The minimum atomic E-state index is -0.524. The topological polar surface area (TPSA) is 117 Å². The van der Waals surface area contributed by atoms with Crippen molar-refractivity contribution in [1.82, 2.24) is 19.7 Å². The van der Waals surface area contributed by atoms with Crippen molar-refractivity contribution in [3.8, 4) is 11.4 Å². The smallest absolute Gasteiger partial charge is 0.270 e. The van der Waals surface area contributed by atoms with Crippen molar-refractivity contribution in [3.63, 3.8) is 0 Å². The molecule has 0 atom stereocenters. The average molecular weight is 421 g/mol. The number of nitro benzene ring substituents is 1. The lowest BCUT2D eigenvalue weighted by Gasteiger charge is -2.08. The molecule has 0 fully saturated rings. The molecule has 0 bridgehead atoms. The summed E-state index contributed by atoms with van der Waals surface area (Å²) in [5.74, 6) is 1.14. The number of aromatic nitrogens is 4. The molecule has 0 aliphatic carbocycles. The molecule has 0 N–H and O–H groups in total. The molecule has 0 saturated heterocycles. The number of thioether (sulfide) groups is 1. The maximum Gasteiger partial charge on any atom is 0.270 e. The lowest BCUT2D eigenvalue weighted by atomic mass is 10.1. The van der Waals surface area contributed by atoms with Crippen LogP contribution in [-0.2, 0) is 6.54 Å². The molecule has 150 valence electrons. The standard InChI is InChI=1S/C20H15N5O4S/c26-18(14-4-1-6-16(10-14)25(27)28)13-30-20-23-22-19(15-5-2-8-21-11-15)24(20)12-17-7-3-9-29-17/h1-11H,12-13H2. The molecule has 0 amide bonds. The van der Waals surface area contributed by atoms with Crippen molar-refractivity contribution in [2.45, 2.75) is 11.7 Å². The van der Waals surface area contributed by atoms with Gasteiger partial charge in [0.2, 0.25) is 0 Å². The van der Waals surface area contributed by atoms with Crippen molar-refractivity contribution >= 4 is 23.2 Å². The van der Waals surface area contributed by atoms with Crippen molar-refractivity contribution in [3.05, 3.63) is 88.6 Å². The third kappa shape index (κ3) is 4.28. The third-order valence-corrected chi connectivity index (χ3v) is 5.21. The average Bonchev–Trinajstić information content (AvgIpc) is 3.43. The highest BCUT2D eigenvalue weighted by atomic mass is 32.2. The van der Waals surface area contributed by atoms with Crippen molar-refractivity contribution in [2.75, 3.05) is 5.75 Å². The van der Waals surface area contributed by atoms with Crippen LogP contribution < -0.4 is 0 Å². The zero-order valence-corrected chi connectivity index (χ0v) is 16.4. The van der Waals surface area contributed by atoms with Crippen LogP contribution in [0.1, 0.15) is 16.1 Å². The van der Waals surface area contributed by atoms with Crippen LogP contribution in [0.2, 0.25) is 0 Å². The highest BCUT2D eigenvalue weighted by molar-refractivity contribution is 7.99. The van der Waals surface area contributed by atoms with E-state index in [0.29, 0.717) is 23.3 Å². The number of non-ortho nitro benzene ring substituents is 1. The Labute approximate surface area is 174 Å². The number of nitrogens with zero attached hydrogens (tertiary/aromatic N) is 5. The van der Waals surface area contributed by atoms with Gasteiger partial charge in [0.05, 0.1) is 23.5 Å². The normalized spacial score (nSPS) is 10.8. The van der Waals surface area contributed by atoms with Crippen LogP contribution in [0, 0.1) is 10.1 Å². The minimum absolute atomic E-state index is 0.0600. The van der Waals surface area contributed by atoms with Crippen molar-refractivity contribution in [2.24, 2.45) is 0 Å². The van der Waals surface area contributed by atoms with Crippen LogP contribution in [0.4, 0.5) is 5.69 Å². The Kier molecular flexibility index (Phi) is 5.66. The van der Waals surface area contributed by atoms with Gasteiger partial charge in [0, 0.05) is 35.7 Å². The summed E-state index contributed by atoms with van der Waals surface area (Å²) >= 11 is 1.21. The number of carbonyl (C=O) groups excluding carboxylic acids is 1. The number of furan rings is 1. The summed E-state index contributed by atoms with van der Waals surface area (Å²) in [5.41, 5.74) is 0.945. The van der Waals surface area contributed by atoms with Crippen LogP contribution in [0.5, 0.6) is 0 Å². The number of hydrogen-bond donors (Lipinski definition) is 0. The predicted molar refractivity (Wildman–Crippen MR) is 109 cm³/mol. The van der Waals surface area contributed by atoms with E-state index in [9.17, 15) is 14.9 Å². The van der Waals surface area contributed by atoms with Gasteiger partial charge in [-0.2, -0.15) is 0 Å². The summed E-state index contributed by atoms with van der Waals surface area (Å²) in [6.45, 7) is 0.386. The third-order valence-electron chi connectivity index (χ3n) is 4.24. The van der Waals surface area contributed by atoms with Gasteiger partial charge in [0.25, 0.3) is 5.69 Å². The number of rotatable bonds is 8. The summed E-state index contributed by atoms with van der Waals surface area (Å²) in [5, 5.41) is 20.0. The van der Waals surface area contributed by atoms with Gasteiger partial charge in [0.15, 0.2) is 16.8 Å². The first kappa shape index (κ1) is 19.5. The Morgan fingerprint density at radius 2 is 2.07 bits per heavy atom. The second-order valence-electron chi connectivity index (χ2n) is 6.23. The van der Waals surface area contributed by atoms with Gasteiger partial charge in [-0.1, -0.05) is 23.9 Å². The Hall–Kier alpha value is -3.79. The van der Waals surface area contributed by atoms with Gasteiger partial charge in [-0.25, -0.2) is 0 Å². The zero-order chi connectivity index (χ0) is 20.9. The molecule has 0 saturated carbocycles. The molecule has 3 heterocycles. The minimum Gasteiger partial charge on any atom is -0.467 e. The molecule has 0 spiro atoms. The number of pyridine rings is 1. The molecule has 0 aliphatic heterocycles. The molecule has 4 rings (SSSR count). The molecule has 0 radical (unpaired) electrons. The molecule has 10 heteroatoms. The van der Waals surface area contributed by atoms with E-state index in [4.69, 9.17) is 4.42 Å². The van der Waals surface area contributed by atoms with Gasteiger partial charge in [-0.3, -0.25) is 24.5 Å². The molecule has 4 aromatic rings. The summed E-state index contributed by atoms with van der Waals surface area (Å²) in [4.78, 5) is 27.1. The first-order valence-corrected chi connectivity index (χ1v) is 9.87. The number of Topliss-reactive ketones (excluding diaryl/α,β-unsaturated/α-hetero) is 1. The first-order chi connectivity index (χ1) is 14.6. The Bertz CT molecular complexity index is 1180. The van der Waals surface area contributed by atoms with E-state index >= 15 is 0 Å². The van der Waals surface area contributed by atoms with E-state index in [1.165, 1.54) is 30.0 Å². The van der Waals surface area contributed by atoms with E-state index in [1.54, 1.807) is 36.9 Å². The number of ketones is 1. The Balaban J connectivity index is 1.58. The molecule has 1 aromatic carbocycles. The highest BCUT2D eigenvalue weighted by Crippen LogP contribution is 2.26. The number of nitro groups is 1. The summed E-state index contributed by atoms with van der Waals surface area (Å²) in [6.07, 6.45) is 4.94. The lowest BCUT2D eigenvalue weighted by molar-refractivity contribution is -0.384. The van der Waals surface area contributed by atoms with E-state index in [-0.39, 0.29) is 22.8 Å². The zero-order valence-electron chi connectivity index (χ0n) is 15.5. The van der Waals surface area contributed by atoms with Crippen LogP contribution in [-0.4, -0.2) is 36.2 Å². The van der Waals surface area contributed by atoms with E-state index in [2.05, 4.69) is 15.2 Å². The summed E-state index contributed by atoms with van der Waals surface area (Å²) in [7, 11) is 0. The first-order valence-electron chi connectivity index (χ1n) is 8.88. The van der Waals surface area contributed by atoms with Crippen LogP contribution in [0.15, 0.2) is 76.8 Å². The van der Waals surface area contributed by atoms with Gasteiger partial charge < -0.3 is 4.42 Å². The van der Waals surface area contributed by atoms with E-state index in [1.807, 2.05) is 16.7 Å². The van der Waals surface area contributed by atoms with E-state index in [0.717, 1.165) is 5.56 Å². The SMILES string of the molecule is O=C(CSc1nnc(-c2cccnc2)n1Cc1ccco1)c1cccc([N+](=O)[O-])c1. The van der Waals surface area contributed by atoms with Crippen LogP contribution in [0.25, 0.3) is 11.4 Å². The van der Waals surface area contributed by atoms with Crippen molar-refractivity contribution < 1.29 is 14.1 Å². The van der Waals surface area contributed by atoms with Crippen molar-refractivity contribution in [1.29, 1.82) is 0 Å². The largest absolute Gasteiger partial charge is 0.467 e. The number of carbonyl (C=O) groups is 1. The molecule has 3 aromatic heterocycles. The van der Waals surface area contributed by atoms with Gasteiger partial charge in [-0.05, 0) is 24.3 Å². The fourth-order valence-electron chi connectivity index (χ4n) is 2.81. The molecule has 0 aliphatic rings.